The van der Waals surface area contributed by atoms with Gasteiger partial charge >= 0.3 is 0 Å². The first-order valence-corrected chi connectivity index (χ1v) is 13.5. The number of anilines is 2. The topological polar surface area (TPSA) is 44.1 Å². The van der Waals surface area contributed by atoms with E-state index in [1.54, 1.807) is 0 Å². The molecule has 1 aliphatic rings. The molecule has 2 aromatic carbocycles. The summed E-state index contributed by atoms with van der Waals surface area (Å²) in [5.41, 5.74) is 5.07. The minimum atomic E-state index is 0.0809. The number of carbonyl (C=O) groups excluding carboxylic acids is 1. The van der Waals surface area contributed by atoms with E-state index in [-0.39, 0.29) is 5.91 Å². The highest BCUT2D eigenvalue weighted by Gasteiger charge is 2.24. The highest BCUT2D eigenvalue weighted by molar-refractivity contribution is 9.10. The van der Waals surface area contributed by atoms with Crippen LogP contribution < -0.4 is 9.80 Å². The number of pyridine rings is 1. The van der Waals surface area contributed by atoms with Gasteiger partial charge in [-0.3, -0.25) is 9.20 Å². The van der Waals surface area contributed by atoms with Crippen LogP contribution in [0.5, 0.6) is 0 Å². The number of aryl methyl sites for hydroxylation is 1. The molecule has 1 amide bonds. The third-order valence-electron chi connectivity index (χ3n) is 6.88. The predicted molar refractivity (Wildman–Crippen MR) is 150 cm³/mol. The van der Waals surface area contributed by atoms with Crippen LogP contribution in [0.1, 0.15) is 35.5 Å². The van der Waals surface area contributed by atoms with Gasteiger partial charge in [0.15, 0.2) is 0 Å². The Bertz CT molecular complexity index is 1340. The Morgan fingerprint density at radius 2 is 1.75 bits per heavy atom. The number of rotatable bonds is 7. The van der Waals surface area contributed by atoms with Crippen LogP contribution in [0, 0.1) is 0 Å². The van der Waals surface area contributed by atoms with E-state index >= 15 is 0 Å². The van der Waals surface area contributed by atoms with E-state index in [1.807, 2.05) is 35.4 Å². The van der Waals surface area contributed by atoms with Crippen LogP contribution >= 0.6 is 15.9 Å². The fourth-order valence-corrected chi connectivity index (χ4v) is 5.41. The number of halogens is 1. The molecule has 6 nitrogen and oxygen atoms in total. The number of hydrogen-bond donors (Lipinski definition) is 0. The second kappa shape index (κ2) is 10.7. The molecule has 36 heavy (non-hydrogen) atoms. The molecule has 0 atom stereocenters. The quantitative estimate of drug-likeness (QED) is 0.301. The molecular weight excluding hydrogens is 514 g/mol. The average molecular weight is 547 g/mol. The maximum absolute atomic E-state index is 13.5. The molecule has 1 saturated heterocycles. The number of fused-ring (bicyclic) bond motifs is 1. The number of carbonyl (C=O) groups is 1. The molecule has 1 aliphatic heterocycles. The summed E-state index contributed by atoms with van der Waals surface area (Å²) in [4.78, 5) is 25.0. The van der Waals surface area contributed by atoms with Crippen LogP contribution in [0.25, 0.3) is 5.65 Å². The predicted octanol–water partition coefficient (Wildman–Crippen LogP) is 5.65. The smallest absolute Gasteiger partial charge is 0.255 e. The molecule has 0 radical (unpaired) electrons. The van der Waals surface area contributed by atoms with Gasteiger partial charge in [-0.1, -0.05) is 53.2 Å². The van der Waals surface area contributed by atoms with Crippen LogP contribution in [0.4, 0.5) is 11.5 Å². The van der Waals surface area contributed by atoms with E-state index in [4.69, 9.17) is 4.98 Å². The molecule has 1 fully saturated rings. The highest BCUT2D eigenvalue weighted by Crippen LogP contribution is 2.27. The van der Waals surface area contributed by atoms with Crippen molar-refractivity contribution in [3.05, 3.63) is 94.2 Å². The lowest BCUT2D eigenvalue weighted by atomic mass is 10.2. The van der Waals surface area contributed by atoms with E-state index in [0.29, 0.717) is 18.7 Å². The lowest BCUT2D eigenvalue weighted by Gasteiger charge is -2.36. The van der Waals surface area contributed by atoms with E-state index in [9.17, 15) is 4.79 Å². The highest BCUT2D eigenvalue weighted by atomic mass is 79.9. The molecule has 186 valence electrons. The lowest BCUT2D eigenvalue weighted by Crippen LogP contribution is -2.48. The molecule has 0 saturated carbocycles. The number of benzene rings is 2. The van der Waals surface area contributed by atoms with Gasteiger partial charge in [0.25, 0.3) is 5.91 Å². The summed E-state index contributed by atoms with van der Waals surface area (Å²) in [6, 6.07) is 22.7. The summed E-state index contributed by atoms with van der Waals surface area (Å²) in [7, 11) is 0. The molecule has 0 N–H and O–H groups in total. The van der Waals surface area contributed by atoms with E-state index in [2.05, 4.69) is 86.4 Å². The van der Waals surface area contributed by atoms with Crippen molar-refractivity contribution in [2.24, 2.45) is 0 Å². The number of imidazole rings is 1. The largest absolute Gasteiger partial charge is 0.368 e. The van der Waals surface area contributed by atoms with Crippen molar-refractivity contribution in [2.75, 3.05) is 42.5 Å². The number of para-hydroxylation sites is 1. The zero-order chi connectivity index (χ0) is 25.1. The van der Waals surface area contributed by atoms with Crippen molar-refractivity contribution >= 4 is 39.0 Å². The number of amides is 1. The molecule has 0 aliphatic carbocycles. The third kappa shape index (κ3) is 4.98. The summed E-state index contributed by atoms with van der Waals surface area (Å²) < 4.78 is 3.18. The Kier molecular flexibility index (Phi) is 7.28. The van der Waals surface area contributed by atoms with Gasteiger partial charge in [-0.15, -0.1) is 0 Å². The Morgan fingerprint density at radius 3 is 2.44 bits per heavy atom. The second-order valence-corrected chi connectivity index (χ2v) is 10.1. The molecule has 0 bridgehead atoms. The minimum Gasteiger partial charge on any atom is -0.368 e. The second-order valence-electron chi connectivity index (χ2n) is 9.14. The van der Waals surface area contributed by atoms with Crippen LogP contribution in [-0.4, -0.2) is 52.9 Å². The Morgan fingerprint density at radius 1 is 0.972 bits per heavy atom. The molecule has 4 aromatic rings. The van der Waals surface area contributed by atoms with Crippen molar-refractivity contribution in [3.63, 3.8) is 0 Å². The molecule has 3 heterocycles. The summed E-state index contributed by atoms with van der Waals surface area (Å²) in [6.07, 6.45) is 2.81. The van der Waals surface area contributed by atoms with Crippen molar-refractivity contribution < 1.29 is 4.79 Å². The van der Waals surface area contributed by atoms with Crippen LogP contribution in [0.2, 0.25) is 0 Å². The average Bonchev–Trinajstić information content (AvgIpc) is 3.30. The van der Waals surface area contributed by atoms with Crippen LogP contribution in [0.3, 0.4) is 0 Å². The minimum absolute atomic E-state index is 0.0809. The monoisotopic (exact) mass is 545 g/mol. The standard InChI is InChI=1S/C29H32BrN5O/c1-3-26-28(32(4-2)20-22-9-8-10-24(30)19-22)35-21-23(13-14-27(35)31-26)29(36)34-17-15-33(16-18-34)25-11-6-5-7-12-25/h5-14,19,21H,3-4,15-18,20H2,1-2H3. The van der Waals surface area contributed by atoms with Gasteiger partial charge in [-0.05, 0) is 55.3 Å². The number of hydrogen-bond acceptors (Lipinski definition) is 4. The van der Waals surface area contributed by atoms with Gasteiger partial charge in [-0.25, -0.2) is 4.98 Å². The number of nitrogens with zero attached hydrogens (tertiary/aromatic N) is 5. The zero-order valence-electron chi connectivity index (χ0n) is 20.9. The SMILES string of the molecule is CCc1nc2ccc(C(=O)N3CCN(c4ccccc4)CC3)cn2c1N(CC)Cc1cccc(Br)c1. The summed E-state index contributed by atoms with van der Waals surface area (Å²) in [5.74, 6) is 1.15. The first kappa shape index (κ1) is 24.4. The van der Waals surface area contributed by atoms with Crippen LogP contribution in [0.15, 0.2) is 77.4 Å². The maximum atomic E-state index is 13.5. The van der Waals surface area contributed by atoms with Gasteiger partial charge in [0.05, 0.1) is 11.3 Å². The van der Waals surface area contributed by atoms with E-state index in [0.717, 1.165) is 54.2 Å². The number of aromatic nitrogens is 2. The number of piperazine rings is 1. The van der Waals surface area contributed by atoms with Gasteiger partial charge in [0.2, 0.25) is 0 Å². The molecule has 5 rings (SSSR count). The Hall–Kier alpha value is -3.32. The first-order valence-electron chi connectivity index (χ1n) is 12.7. The van der Waals surface area contributed by atoms with Gasteiger partial charge in [0, 0.05) is 55.6 Å². The van der Waals surface area contributed by atoms with Crippen molar-refractivity contribution in [2.45, 2.75) is 26.8 Å². The van der Waals surface area contributed by atoms with Gasteiger partial charge in [-0.2, -0.15) is 0 Å². The first-order chi connectivity index (χ1) is 17.6. The fourth-order valence-electron chi connectivity index (χ4n) is 4.96. The fraction of sp³-hybridized carbons (Fsp3) is 0.310. The summed E-state index contributed by atoms with van der Waals surface area (Å²) in [5, 5.41) is 0. The summed E-state index contributed by atoms with van der Waals surface area (Å²) in [6.45, 7) is 9.02. The van der Waals surface area contributed by atoms with Crippen molar-refractivity contribution in [1.82, 2.24) is 14.3 Å². The van der Waals surface area contributed by atoms with Gasteiger partial charge in [0.1, 0.15) is 11.5 Å². The van der Waals surface area contributed by atoms with Crippen molar-refractivity contribution in [3.8, 4) is 0 Å². The molecular formula is C29H32BrN5O. The third-order valence-corrected chi connectivity index (χ3v) is 7.37. The molecule has 2 aromatic heterocycles. The zero-order valence-corrected chi connectivity index (χ0v) is 22.5. The van der Waals surface area contributed by atoms with Gasteiger partial charge < -0.3 is 14.7 Å². The Balaban J connectivity index is 1.39. The van der Waals surface area contributed by atoms with E-state index < -0.39 is 0 Å². The van der Waals surface area contributed by atoms with Crippen LogP contribution in [-0.2, 0) is 13.0 Å². The lowest BCUT2D eigenvalue weighted by molar-refractivity contribution is 0.0746. The molecule has 7 heteroatoms. The normalized spacial score (nSPS) is 13.9. The molecule has 0 spiro atoms. The maximum Gasteiger partial charge on any atom is 0.255 e. The Labute approximate surface area is 221 Å². The summed E-state index contributed by atoms with van der Waals surface area (Å²) >= 11 is 3.59. The molecule has 0 unspecified atom stereocenters. The van der Waals surface area contributed by atoms with Crippen molar-refractivity contribution in [1.29, 1.82) is 0 Å². The van der Waals surface area contributed by atoms with E-state index in [1.165, 1.54) is 11.3 Å².